The van der Waals surface area contributed by atoms with E-state index >= 15 is 0 Å². The van der Waals surface area contributed by atoms with E-state index in [1.165, 1.54) is 16.5 Å². The molecule has 2 rings (SSSR count). The van der Waals surface area contributed by atoms with Crippen LogP contribution in [-0.2, 0) is 0 Å². The molecule has 1 heterocycles. The molecular formula is C11H15BN2. The van der Waals surface area contributed by atoms with Gasteiger partial charge in [0.25, 0.3) is 0 Å². The average Bonchev–Trinajstić information content (AvgIpc) is 2.59. The molecule has 0 spiro atoms. The van der Waals surface area contributed by atoms with E-state index in [0.717, 1.165) is 12.8 Å². The first-order valence-electron chi connectivity index (χ1n) is 5.19. The van der Waals surface area contributed by atoms with Gasteiger partial charge in [0.2, 0.25) is 0 Å². The van der Waals surface area contributed by atoms with Crippen molar-refractivity contribution in [1.29, 1.82) is 0 Å². The molecule has 0 fully saturated rings. The molecule has 0 atom stereocenters. The Hall–Kier alpha value is -1.25. The zero-order chi connectivity index (χ0) is 10.1. The Kier molecular flexibility index (Phi) is 2.32. The maximum Gasteiger partial charge on any atom is 0.154 e. The first-order chi connectivity index (χ1) is 6.72. The lowest BCUT2D eigenvalue weighted by molar-refractivity contribution is 0.818. The number of hydrogen-bond donors (Lipinski definition) is 1. The summed E-state index contributed by atoms with van der Waals surface area (Å²) in [5.74, 6) is 0.483. The van der Waals surface area contributed by atoms with Gasteiger partial charge in [-0.15, -0.1) is 0 Å². The Morgan fingerprint density at radius 1 is 1.36 bits per heavy atom. The lowest BCUT2D eigenvalue weighted by atomic mass is 9.73. The van der Waals surface area contributed by atoms with Gasteiger partial charge in [-0.3, -0.25) is 5.10 Å². The fraction of sp³-hybridized carbons (Fsp3) is 0.364. The highest BCUT2D eigenvalue weighted by molar-refractivity contribution is 6.52. The molecule has 0 radical (unpaired) electrons. The summed E-state index contributed by atoms with van der Waals surface area (Å²) in [5.41, 5.74) is 3.69. The monoisotopic (exact) mass is 186 g/mol. The van der Waals surface area contributed by atoms with Crippen molar-refractivity contribution in [1.82, 2.24) is 10.2 Å². The van der Waals surface area contributed by atoms with Crippen molar-refractivity contribution >= 4 is 23.6 Å². The largest absolute Gasteiger partial charge is 0.278 e. The van der Waals surface area contributed by atoms with Crippen molar-refractivity contribution < 1.29 is 0 Å². The van der Waals surface area contributed by atoms with Gasteiger partial charge in [0.05, 0.1) is 11.2 Å². The zero-order valence-corrected chi connectivity index (χ0v) is 8.96. The minimum absolute atomic E-state index is 0.483. The number of aromatic nitrogens is 2. The maximum atomic E-state index is 4.35. The van der Waals surface area contributed by atoms with E-state index in [4.69, 9.17) is 0 Å². The van der Waals surface area contributed by atoms with Crippen molar-refractivity contribution in [3.63, 3.8) is 0 Å². The van der Waals surface area contributed by atoms with Crippen LogP contribution >= 0.6 is 0 Å². The summed E-state index contributed by atoms with van der Waals surface area (Å²) in [5, 5.41) is 8.70. The maximum absolute atomic E-state index is 4.35. The van der Waals surface area contributed by atoms with Gasteiger partial charge in [0.15, 0.2) is 7.28 Å². The van der Waals surface area contributed by atoms with Gasteiger partial charge in [-0.25, -0.2) is 0 Å². The summed E-state index contributed by atoms with van der Waals surface area (Å²) >= 11 is 0. The first kappa shape index (κ1) is 9.32. The number of rotatable bonds is 2. The SMILES string of the molecule is CBc1ccc2c(C(C)C)n[nH]c2c1. The molecule has 1 N–H and O–H groups in total. The molecule has 0 saturated carbocycles. The van der Waals surface area contributed by atoms with Crippen molar-refractivity contribution in [3.05, 3.63) is 23.9 Å². The number of nitrogens with zero attached hydrogens (tertiary/aromatic N) is 1. The second kappa shape index (κ2) is 3.48. The van der Waals surface area contributed by atoms with Gasteiger partial charge in [0.1, 0.15) is 0 Å². The number of aromatic amines is 1. The summed E-state index contributed by atoms with van der Waals surface area (Å²) in [4.78, 5) is 0. The van der Waals surface area contributed by atoms with Crippen LogP contribution in [0.2, 0.25) is 6.82 Å². The fourth-order valence-corrected chi connectivity index (χ4v) is 1.75. The summed E-state index contributed by atoms with van der Waals surface area (Å²) in [6.07, 6.45) is 0. The van der Waals surface area contributed by atoms with Crippen LogP contribution < -0.4 is 5.46 Å². The van der Waals surface area contributed by atoms with Crippen LogP contribution in [0, 0.1) is 0 Å². The molecule has 2 aromatic rings. The molecule has 0 amide bonds. The van der Waals surface area contributed by atoms with E-state index in [1.54, 1.807) is 0 Å². The lowest BCUT2D eigenvalue weighted by Gasteiger charge is -2.00. The highest BCUT2D eigenvalue weighted by Gasteiger charge is 2.08. The molecule has 0 bridgehead atoms. The molecule has 0 unspecified atom stereocenters. The zero-order valence-electron chi connectivity index (χ0n) is 8.96. The van der Waals surface area contributed by atoms with E-state index in [9.17, 15) is 0 Å². The highest BCUT2D eigenvalue weighted by atomic mass is 15.1. The van der Waals surface area contributed by atoms with Crippen LogP contribution in [-0.4, -0.2) is 17.5 Å². The number of benzene rings is 1. The molecule has 1 aromatic carbocycles. The summed E-state index contributed by atoms with van der Waals surface area (Å²) in [6, 6.07) is 6.55. The fourth-order valence-electron chi connectivity index (χ4n) is 1.75. The Labute approximate surface area is 85.0 Å². The van der Waals surface area contributed by atoms with Gasteiger partial charge < -0.3 is 0 Å². The number of H-pyrrole nitrogens is 1. The minimum atomic E-state index is 0.483. The molecule has 0 aliphatic rings. The van der Waals surface area contributed by atoms with E-state index in [0.29, 0.717) is 5.92 Å². The Morgan fingerprint density at radius 3 is 2.79 bits per heavy atom. The number of fused-ring (bicyclic) bond motifs is 1. The van der Waals surface area contributed by atoms with Crippen molar-refractivity contribution in [3.8, 4) is 0 Å². The molecule has 0 aliphatic carbocycles. The van der Waals surface area contributed by atoms with Gasteiger partial charge in [0, 0.05) is 5.39 Å². The van der Waals surface area contributed by atoms with Crippen LogP contribution in [0.1, 0.15) is 25.5 Å². The molecule has 0 aliphatic heterocycles. The van der Waals surface area contributed by atoms with E-state index in [1.807, 2.05) is 0 Å². The third-order valence-electron chi connectivity index (χ3n) is 2.61. The topological polar surface area (TPSA) is 28.7 Å². The Morgan fingerprint density at radius 2 is 2.14 bits per heavy atom. The third kappa shape index (κ3) is 1.43. The molecule has 72 valence electrons. The highest BCUT2D eigenvalue weighted by Crippen LogP contribution is 2.21. The second-order valence-electron chi connectivity index (χ2n) is 4.00. The molecule has 1 aromatic heterocycles. The van der Waals surface area contributed by atoms with Crippen molar-refractivity contribution in [2.45, 2.75) is 26.6 Å². The second-order valence-corrected chi connectivity index (χ2v) is 4.00. The molecule has 14 heavy (non-hydrogen) atoms. The van der Waals surface area contributed by atoms with Gasteiger partial charge >= 0.3 is 0 Å². The van der Waals surface area contributed by atoms with Crippen LogP contribution in [0.15, 0.2) is 18.2 Å². The number of nitrogens with one attached hydrogen (secondary N) is 1. The number of hydrogen-bond acceptors (Lipinski definition) is 1. The lowest BCUT2D eigenvalue weighted by Crippen LogP contribution is -2.08. The molecule has 2 nitrogen and oxygen atoms in total. The Balaban J connectivity index is 2.59. The minimum Gasteiger partial charge on any atom is -0.278 e. The summed E-state index contributed by atoms with van der Waals surface area (Å²) in [6.45, 7) is 6.51. The van der Waals surface area contributed by atoms with Crippen LogP contribution in [0.25, 0.3) is 10.9 Å². The molecular weight excluding hydrogens is 171 g/mol. The third-order valence-corrected chi connectivity index (χ3v) is 2.61. The summed E-state index contributed by atoms with van der Waals surface area (Å²) < 4.78 is 0. The van der Waals surface area contributed by atoms with Gasteiger partial charge in [-0.1, -0.05) is 38.3 Å². The van der Waals surface area contributed by atoms with Crippen LogP contribution in [0.5, 0.6) is 0 Å². The predicted octanol–water partition coefficient (Wildman–Crippen LogP) is 1.80. The van der Waals surface area contributed by atoms with Gasteiger partial charge in [-0.05, 0) is 12.0 Å². The normalized spacial score (nSPS) is 11.1. The van der Waals surface area contributed by atoms with E-state index in [-0.39, 0.29) is 0 Å². The first-order valence-corrected chi connectivity index (χ1v) is 5.19. The van der Waals surface area contributed by atoms with E-state index in [2.05, 4.69) is 49.1 Å². The summed E-state index contributed by atoms with van der Waals surface area (Å²) in [7, 11) is 1.08. The Bertz CT molecular complexity index is 445. The van der Waals surface area contributed by atoms with Crippen molar-refractivity contribution in [2.24, 2.45) is 0 Å². The average molecular weight is 186 g/mol. The van der Waals surface area contributed by atoms with E-state index < -0.39 is 0 Å². The van der Waals surface area contributed by atoms with Crippen LogP contribution in [0.4, 0.5) is 0 Å². The predicted molar refractivity (Wildman–Crippen MR) is 62.8 cm³/mol. The molecule has 0 saturated heterocycles. The quantitative estimate of drug-likeness (QED) is 0.711. The van der Waals surface area contributed by atoms with Crippen molar-refractivity contribution in [2.75, 3.05) is 0 Å². The van der Waals surface area contributed by atoms with Gasteiger partial charge in [-0.2, -0.15) is 5.10 Å². The van der Waals surface area contributed by atoms with Crippen LogP contribution in [0.3, 0.4) is 0 Å². The molecule has 3 heteroatoms. The standard InChI is InChI=1S/C11H15BN2/c1-7(2)11-9-5-4-8(12-3)6-10(9)13-14-11/h4-7,12H,1-3H3,(H,13,14). The smallest absolute Gasteiger partial charge is 0.154 e.